The van der Waals surface area contributed by atoms with Crippen LogP contribution in [0.2, 0.25) is 0 Å². The fourth-order valence-corrected chi connectivity index (χ4v) is 2.03. The number of carbonyl (C=O) groups excluding carboxylic acids is 1. The highest BCUT2D eigenvalue weighted by molar-refractivity contribution is 7.80. The minimum absolute atomic E-state index is 0.0646. The van der Waals surface area contributed by atoms with Crippen molar-refractivity contribution in [1.82, 2.24) is 5.32 Å². The lowest BCUT2D eigenvalue weighted by molar-refractivity contribution is 0.0974. The van der Waals surface area contributed by atoms with Crippen molar-refractivity contribution in [2.24, 2.45) is 0 Å². The summed E-state index contributed by atoms with van der Waals surface area (Å²) in [5.41, 5.74) is 1.54. The molecule has 4 nitrogen and oxygen atoms in total. The highest BCUT2D eigenvalue weighted by Gasteiger charge is 2.12. The second-order valence-corrected chi connectivity index (χ2v) is 5.57. The molecule has 0 bridgehead atoms. The molecule has 6 heteroatoms. The first kappa shape index (κ1) is 17.6. The molecular weight excluding hydrogens is 327 g/mol. The van der Waals surface area contributed by atoms with Crippen molar-refractivity contribution in [1.29, 1.82) is 0 Å². The fraction of sp³-hybridized carbons (Fsp3) is 0.111. The monoisotopic (exact) mass is 344 g/mol. The number of thiocarbonyl (C=S) groups is 1. The van der Waals surface area contributed by atoms with Gasteiger partial charge in [0.2, 0.25) is 0 Å². The van der Waals surface area contributed by atoms with E-state index in [1.165, 1.54) is 18.2 Å². The summed E-state index contributed by atoms with van der Waals surface area (Å²) >= 11 is 5.07. The molecule has 2 N–H and O–H groups in total. The predicted molar refractivity (Wildman–Crippen MR) is 96.8 cm³/mol. The maximum absolute atomic E-state index is 13.5. The van der Waals surface area contributed by atoms with Crippen molar-refractivity contribution in [2.45, 2.75) is 6.92 Å². The van der Waals surface area contributed by atoms with E-state index in [4.69, 9.17) is 17.0 Å². The van der Waals surface area contributed by atoms with Crippen LogP contribution in [0.1, 0.15) is 17.3 Å². The summed E-state index contributed by atoms with van der Waals surface area (Å²) in [5, 5.41) is 5.38. The first-order chi connectivity index (χ1) is 11.5. The van der Waals surface area contributed by atoms with Gasteiger partial charge in [-0.1, -0.05) is 18.7 Å². The molecule has 1 amide bonds. The molecule has 0 spiro atoms. The van der Waals surface area contributed by atoms with Gasteiger partial charge in [0.1, 0.15) is 18.2 Å². The summed E-state index contributed by atoms with van der Waals surface area (Å²) in [6.07, 6.45) is 0. The summed E-state index contributed by atoms with van der Waals surface area (Å²) in [6, 6.07) is 12.8. The molecule has 24 heavy (non-hydrogen) atoms. The Morgan fingerprint density at radius 1 is 1.21 bits per heavy atom. The third kappa shape index (κ3) is 5.17. The average Bonchev–Trinajstić information content (AvgIpc) is 2.54. The highest BCUT2D eigenvalue weighted by Crippen LogP contribution is 2.16. The largest absolute Gasteiger partial charge is 0.489 e. The van der Waals surface area contributed by atoms with E-state index in [2.05, 4.69) is 17.2 Å². The number of hydrogen-bond acceptors (Lipinski definition) is 3. The first-order valence-corrected chi connectivity index (χ1v) is 7.60. The van der Waals surface area contributed by atoms with Gasteiger partial charge in [-0.05, 0) is 61.1 Å². The molecule has 0 aliphatic rings. The Labute approximate surface area is 145 Å². The molecule has 0 unspecified atom stereocenters. The Hall–Kier alpha value is -2.73. The lowest BCUT2D eigenvalue weighted by Gasteiger charge is -2.11. The number of carbonyl (C=O) groups is 1. The third-order valence-corrected chi connectivity index (χ3v) is 3.15. The van der Waals surface area contributed by atoms with Crippen LogP contribution in [0.15, 0.2) is 60.7 Å². The fourth-order valence-electron chi connectivity index (χ4n) is 1.82. The normalized spacial score (nSPS) is 9.92. The molecule has 0 aliphatic carbocycles. The molecule has 0 saturated carbocycles. The van der Waals surface area contributed by atoms with Crippen LogP contribution in [0.25, 0.3) is 0 Å². The van der Waals surface area contributed by atoms with Crippen LogP contribution in [0.3, 0.4) is 0 Å². The number of hydrogen-bond donors (Lipinski definition) is 2. The maximum atomic E-state index is 13.5. The van der Waals surface area contributed by atoms with E-state index < -0.39 is 11.7 Å². The van der Waals surface area contributed by atoms with Crippen molar-refractivity contribution in [3.05, 3.63) is 72.1 Å². The zero-order valence-electron chi connectivity index (χ0n) is 13.1. The van der Waals surface area contributed by atoms with Gasteiger partial charge in [0, 0.05) is 5.69 Å². The topological polar surface area (TPSA) is 50.4 Å². The van der Waals surface area contributed by atoms with E-state index in [0.29, 0.717) is 18.0 Å². The van der Waals surface area contributed by atoms with Crippen LogP contribution in [-0.4, -0.2) is 17.6 Å². The molecule has 0 radical (unpaired) electrons. The van der Waals surface area contributed by atoms with Crippen LogP contribution < -0.4 is 15.4 Å². The van der Waals surface area contributed by atoms with Crippen LogP contribution in [0, 0.1) is 5.82 Å². The lowest BCUT2D eigenvalue weighted by atomic mass is 10.2. The Morgan fingerprint density at radius 3 is 2.50 bits per heavy atom. The third-order valence-electron chi connectivity index (χ3n) is 2.94. The van der Waals surface area contributed by atoms with E-state index in [9.17, 15) is 9.18 Å². The number of amides is 1. The van der Waals surface area contributed by atoms with Crippen LogP contribution >= 0.6 is 12.2 Å². The second kappa shape index (κ2) is 8.21. The van der Waals surface area contributed by atoms with Gasteiger partial charge in [-0.3, -0.25) is 10.1 Å². The van der Waals surface area contributed by atoms with Gasteiger partial charge in [-0.2, -0.15) is 0 Å². The molecule has 2 aromatic carbocycles. The van der Waals surface area contributed by atoms with Gasteiger partial charge < -0.3 is 10.1 Å². The number of halogens is 1. The summed E-state index contributed by atoms with van der Waals surface area (Å²) in [4.78, 5) is 12.0. The second-order valence-electron chi connectivity index (χ2n) is 5.16. The highest BCUT2D eigenvalue weighted by atomic mass is 32.1. The van der Waals surface area contributed by atoms with E-state index in [0.717, 1.165) is 5.57 Å². The van der Waals surface area contributed by atoms with Crippen molar-refractivity contribution in [3.8, 4) is 5.75 Å². The first-order valence-electron chi connectivity index (χ1n) is 7.20. The van der Waals surface area contributed by atoms with Crippen molar-refractivity contribution in [2.75, 3.05) is 11.9 Å². The maximum Gasteiger partial charge on any atom is 0.260 e. The summed E-state index contributed by atoms with van der Waals surface area (Å²) in [6.45, 7) is 6.09. The molecule has 124 valence electrons. The van der Waals surface area contributed by atoms with Gasteiger partial charge in [0.25, 0.3) is 5.91 Å². The lowest BCUT2D eigenvalue weighted by Crippen LogP contribution is -2.34. The zero-order valence-corrected chi connectivity index (χ0v) is 14.0. The van der Waals surface area contributed by atoms with Crippen molar-refractivity contribution in [3.63, 3.8) is 0 Å². The Kier molecular flexibility index (Phi) is 6.03. The number of ether oxygens (including phenoxy) is 1. The quantitative estimate of drug-likeness (QED) is 0.638. The van der Waals surface area contributed by atoms with E-state index in [-0.39, 0.29) is 10.7 Å². The van der Waals surface area contributed by atoms with E-state index in [1.807, 2.05) is 6.92 Å². The number of nitrogens with one attached hydrogen (secondary N) is 2. The molecule has 0 aliphatic heterocycles. The smallest absolute Gasteiger partial charge is 0.260 e. The van der Waals surface area contributed by atoms with Crippen molar-refractivity contribution >= 4 is 28.9 Å². The Morgan fingerprint density at radius 2 is 1.88 bits per heavy atom. The molecule has 2 aromatic rings. The molecule has 0 fully saturated rings. The van der Waals surface area contributed by atoms with Crippen LogP contribution in [-0.2, 0) is 0 Å². The molecule has 0 heterocycles. The van der Waals surface area contributed by atoms with Gasteiger partial charge >= 0.3 is 0 Å². The van der Waals surface area contributed by atoms with Gasteiger partial charge in [-0.15, -0.1) is 0 Å². The van der Waals surface area contributed by atoms with Crippen molar-refractivity contribution < 1.29 is 13.9 Å². The standard InChI is InChI=1S/C18H17FN2O2S/c1-12(2)11-23-14-9-7-13(8-10-14)20-18(24)21-17(22)15-5-3-4-6-16(15)19/h3-10H,1,11H2,2H3,(H2,20,21,22,24). The van der Waals surface area contributed by atoms with Gasteiger partial charge in [0.05, 0.1) is 5.56 Å². The SMILES string of the molecule is C=C(C)COc1ccc(NC(=S)NC(=O)c2ccccc2F)cc1. The summed E-state index contributed by atoms with van der Waals surface area (Å²) in [7, 11) is 0. The molecular formula is C18H17FN2O2S. The van der Waals surface area contributed by atoms with Gasteiger partial charge in [0.15, 0.2) is 5.11 Å². The summed E-state index contributed by atoms with van der Waals surface area (Å²) < 4.78 is 19.0. The molecule has 0 saturated heterocycles. The Bertz CT molecular complexity index is 760. The van der Waals surface area contributed by atoms with E-state index >= 15 is 0 Å². The van der Waals surface area contributed by atoms with Crippen LogP contribution in [0.5, 0.6) is 5.75 Å². The average molecular weight is 344 g/mol. The predicted octanol–water partition coefficient (Wildman–Crippen LogP) is 3.91. The number of benzene rings is 2. The Balaban J connectivity index is 1.91. The molecule has 0 atom stereocenters. The number of rotatable bonds is 5. The molecule has 2 rings (SSSR count). The van der Waals surface area contributed by atoms with Gasteiger partial charge in [-0.25, -0.2) is 4.39 Å². The number of anilines is 1. The minimum Gasteiger partial charge on any atom is -0.489 e. The molecule has 0 aromatic heterocycles. The summed E-state index contributed by atoms with van der Waals surface area (Å²) in [5.74, 6) is -0.506. The minimum atomic E-state index is -0.605. The zero-order chi connectivity index (χ0) is 17.5. The van der Waals surface area contributed by atoms with Crippen LogP contribution in [0.4, 0.5) is 10.1 Å². The van der Waals surface area contributed by atoms with E-state index in [1.54, 1.807) is 30.3 Å².